The lowest BCUT2D eigenvalue weighted by Gasteiger charge is -2.00. The Morgan fingerprint density at radius 1 is 1.21 bits per heavy atom. The number of rotatable bonds is 3. The van der Waals surface area contributed by atoms with E-state index in [1.165, 1.54) is 0 Å². The number of hydrazone groups is 1. The van der Waals surface area contributed by atoms with Crippen molar-refractivity contribution >= 4 is 28.1 Å². The van der Waals surface area contributed by atoms with Crippen LogP contribution < -0.4 is 5.43 Å². The number of aryl methyl sites for hydroxylation is 1. The number of carbonyl (C=O) groups is 1. The van der Waals surface area contributed by atoms with E-state index >= 15 is 0 Å². The predicted molar refractivity (Wildman–Crippen MR) is 80.4 cm³/mol. The van der Waals surface area contributed by atoms with Gasteiger partial charge in [-0.1, -0.05) is 45.8 Å². The Bertz CT molecular complexity index is 606. The minimum absolute atomic E-state index is 0.226. The van der Waals surface area contributed by atoms with Gasteiger partial charge in [-0.25, -0.2) is 5.43 Å². The molecule has 0 unspecified atom stereocenters. The highest BCUT2D eigenvalue weighted by Gasteiger charge is 2.02. The van der Waals surface area contributed by atoms with Gasteiger partial charge in [0.25, 0.3) is 5.91 Å². The highest BCUT2D eigenvalue weighted by atomic mass is 79.9. The fourth-order valence-corrected chi connectivity index (χ4v) is 1.85. The van der Waals surface area contributed by atoms with Crippen molar-refractivity contribution in [1.82, 2.24) is 5.43 Å². The Hall–Kier alpha value is -1.94. The first kappa shape index (κ1) is 13.5. The van der Waals surface area contributed by atoms with E-state index in [0.29, 0.717) is 5.56 Å². The van der Waals surface area contributed by atoms with Crippen LogP contribution in [0.15, 0.2) is 58.1 Å². The van der Waals surface area contributed by atoms with Crippen molar-refractivity contribution in [2.24, 2.45) is 5.10 Å². The molecule has 3 nitrogen and oxygen atoms in total. The largest absolute Gasteiger partial charge is 0.271 e. The monoisotopic (exact) mass is 316 g/mol. The lowest BCUT2D eigenvalue weighted by atomic mass is 10.2. The molecule has 1 amide bonds. The molecule has 0 aromatic heterocycles. The van der Waals surface area contributed by atoms with Crippen molar-refractivity contribution < 1.29 is 4.79 Å². The number of hydrogen-bond acceptors (Lipinski definition) is 2. The fourth-order valence-electron chi connectivity index (χ4n) is 1.58. The Labute approximate surface area is 120 Å². The van der Waals surface area contributed by atoms with E-state index in [0.717, 1.165) is 15.6 Å². The number of nitrogens with zero attached hydrogens (tertiary/aromatic N) is 1. The molecule has 0 aliphatic rings. The minimum Gasteiger partial charge on any atom is -0.267 e. The van der Waals surface area contributed by atoms with Gasteiger partial charge in [0.2, 0.25) is 0 Å². The Balaban J connectivity index is 1.98. The third-order valence-electron chi connectivity index (χ3n) is 2.53. The first-order valence-corrected chi connectivity index (χ1v) is 6.60. The van der Waals surface area contributed by atoms with E-state index in [4.69, 9.17) is 0 Å². The van der Waals surface area contributed by atoms with E-state index in [2.05, 4.69) is 26.5 Å². The molecule has 2 rings (SSSR count). The number of amides is 1. The molecule has 0 bridgehead atoms. The molecule has 0 radical (unpaired) electrons. The van der Waals surface area contributed by atoms with Crippen LogP contribution in [-0.4, -0.2) is 12.1 Å². The molecule has 2 aromatic carbocycles. The fraction of sp³-hybridized carbons (Fsp3) is 0.0667. The smallest absolute Gasteiger partial charge is 0.267 e. The molecule has 0 saturated carbocycles. The van der Waals surface area contributed by atoms with Crippen molar-refractivity contribution in [3.05, 3.63) is 69.7 Å². The average Bonchev–Trinajstić information content (AvgIpc) is 2.39. The summed E-state index contributed by atoms with van der Waals surface area (Å²) in [7, 11) is 0. The number of nitrogens with one attached hydrogen (secondary N) is 1. The van der Waals surface area contributed by atoms with Gasteiger partial charge < -0.3 is 0 Å². The molecular weight excluding hydrogens is 304 g/mol. The van der Waals surface area contributed by atoms with E-state index in [9.17, 15) is 4.79 Å². The van der Waals surface area contributed by atoms with Gasteiger partial charge >= 0.3 is 0 Å². The van der Waals surface area contributed by atoms with E-state index in [1.807, 2.05) is 43.3 Å². The Kier molecular flexibility index (Phi) is 4.47. The molecule has 0 heterocycles. The van der Waals surface area contributed by atoms with Gasteiger partial charge in [0.05, 0.1) is 6.21 Å². The van der Waals surface area contributed by atoms with E-state index in [1.54, 1.807) is 18.3 Å². The highest BCUT2D eigenvalue weighted by Crippen LogP contribution is 2.10. The standard InChI is InChI=1S/C15H13BrN2O/c1-11-3-2-4-12(9-11)10-17-18-15(19)13-5-7-14(16)8-6-13/h2-10H,1H3,(H,18,19)/b17-10-. The third-order valence-corrected chi connectivity index (χ3v) is 3.06. The van der Waals surface area contributed by atoms with E-state index < -0.39 is 0 Å². The zero-order valence-corrected chi connectivity index (χ0v) is 12.0. The molecule has 0 aliphatic carbocycles. The highest BCUT2D eigenvalue weighted by molar-refractivity contribution is 9.10. The molecule has 0 fully saturated rings. The van der Waals surface area contributed by atoms with Crippen molar-refractivity contribution in [3.63, 3.8) is 0 Å². The molecule has 2 aromatic rings. The zero-order valence-electron chi connectivity index (χ0n) is 10.4. The van der Waals surface area contributed by atoms with Gasteiger partial charge in [0.1, 0.15) is 0 Å². The summed E-state index contributed by atoms with van der Waals surface area (Å²) < 4.78 is 0.937. The topological polar surface area (TPSA) is 41.5 Å². The summed E-state index contributed by atoms with van der Waals surface area (Å²) in [5.41, 5.74) is 5.19. The van der Waals surface area contributed by atoms with E-state index in [-0.39, 0.29) is 5.91 Å². The van der Waals surface area contributed by atoms with Crippen LogP contribution >= 0.6 is 15.9 Å². The number of carbonyl (C=O) groups excluding carboxylic acids is 1. The predicted octanol–water partition coefficient (Wildman–Crippen LogP) is 3.52. The summed E-state index contributed by atoms with van der Waals surface area (Å²) in [4.78, 5) is 11.8. The van der Waals surface area contributed by atoms with Crippen LogP contribution in [0.4, 0.5) is 0 Å². The first-order chi connectivity index (χ1) is 9.15. The number of halogens is 1. The van der Waals surface area contributed by atoms with Crippen LogP contribution in [0.2, 0.25) is 0 Å². The normalized spacial score (nSPS) is 10.6. The summed E-state index contributed by atoms with van der Waals surface area (Å²) >= 11 is 3.32. The van der Waals surface area contributed by atoms with Crippen LogP contribution in [0.1, 0.15) is 21.5 Å². The lowest BCUT2D eigenvalue weighted by Crippen LogP contribution is -2.17. The maximum atomic E-state index is 11.8. The molecular formula is C15H13BrN2O. The van der Waals surface area contributed by atoms with Gasteiger partial charge in [-0.15, -0.1) is 0 Å². The molecule has 0 spiro atoms. The quantitative estimate of drug-likeness (QED) is 0.683. The average molecular weight is 317 g/mol. The summed E-state index contributed by atoms with van der Waals surface area (Å²) in [6, 6.07) is 15.0. The number of benzene rings is 2. The first-order valence-electron chi connectivity index (χ1n) is 5.81. The molecule has 4 heteroatoms. The Morgan fingerprint density at radius 3 is 2.63 bits per heavy atom. The summed E-state index contributed by atoms with van der Waals surface area (Å²) in [5.74, 6) is -0.226. The van der Waals surface area contributed by atoms with Crippen LogP contribution in [0.25, 0.3) is 0 Å². The van der Waals surface area contributed by atoms with Crippen molar-refractivity contribution in [2.75, 3.05) is 0 Å². The summed E-state index contributed by atoms with van der Waals surface area (Å²) in [6.07, 6.45) is 1.63. The molecule has 0 saturated heterocycles. The maximum Gasteiger partial charge on any atom is 0.271 e. The van der Waals surface area contributed by atoms with Gasteiger partial charge in [-0.2, -0.15) is 5.10 Å². The molecule has 1 N–H and O–H groups in total. The Morgan fingerprint density at radius 2 is 1.95 bits per heavy atom. The zero-order chi connectivity index (χ0) is 13.7. The van der Waals surface area contributed by atoms with Crippen LogP contribution in [0.5, 0.6) is 0 Å². The second-order valence-corrected chi connectivity index (χ2v) is 5.04. The van der Waals surface area contributed by atoms with Gasteiger partial charge in [0.15, 0.2) is 0 Å². The van der Waals surface area contributed by atoms with Gasteiger partial charge in [0, 0.05) is 10.0 Å². The maximum absolute atomic E-state index is 11.8. The van der Waals surface area contributed by atoms with Crippen molar-refractivity contribution in [1.29, 1.82) is 0 Å². The SMILES string of the molecule is Cc1cccc(/C=N\NC(=O)c2ccc(Br)cc2)c1. The second kappa shape index (κ2) is 6.29. The number of hydrogen-bond donors (Lipinski definition) is 1. The van der Waals surface area contributed by atoms with Crippen LogP contribution in [0, 0.1) is 6.92 Å². The van der Waals surface area contributed by atoms with Gasteiger partial charge in [-0.05, 0) is 36.8 Å². The van der Waals surface area contributed by atoms with Crippen LogP contribution in [0.3, 0.4) is 0 Å². The molecule has 96 valence electrons. The molecule has 0 aliphatic heterocycles. The third kappa shape index (κ3) is 4.03. The minimum atomic E-state index is -0.226. The van der Waals surface area contributed by atoms with Crippen molar-refractivity contribution in [2.45, 2.75) is 6.92 Å². The van der Waals surface area contributed by atoms with Gasteiger partial charge in [-0.3, -0.25) is 4.79 Å². The second-order valence-electron chi connectivity index (χ2n) is 4.12. The summed E-state index contributed by atoms with van der Waals surface area (Å²) in [6.45, 7) is 2.01. The molecule has 19 heavy (non-hydrogen) atoms. The lowest BCUT2D eigenvalue weighted by molar-refractivity contribution is 0.0955. The van der Waals surface area contributed by atoms with Crippen LogP contribution in [-0.2, 0) is 0 Å². The van der Waals surface area contributed by atoms with Crippen molar-refractivity contribution in [3.8, 4) is 0 Å². The molecule has 0 atom stereocenters. The summed E-state index contributed by atoms with van der Waals surface area (Å²) in [5, 5.41) is 3.95.